The van der Waals surface area contributed by atoms with Gasteiger partial charge in [-0.15, -0.1) is 0 Å². The summed E-state index contributed by atoms with van der Waals surface area (Å²) in [5.41, 5.74) is -0.758. The topological polar surface area (TPSA) is 12.9 Å². The van der Waals surface area contributed by atoms with Crippen molar-refractivity contribution < 1.29 is 12.9 Å². The maximum Gasteiger partial charge on any atom is 0.511 e. The van der Waals surface area contributed by atoms with Gasteiger partial charge in [-0.25, -0.2) is 4.98 Å². The maximum atomic E-state index is 12.1. The second-order valence-electron chi connectivity index (χ2n) is 2.12. The average Bonchev–Trinajstić information content (AvgIpc) is 1.92. The van der Waals surface area contributed by atoms with Crippen molar-refractivity contribution in [3.05, 3.63) is 21.9 Å². The molecule has 12 heavy (non-hydrogen) atoms. The molecule has 0 aliphatic carbocycles. The molecule has 0 unspecified atom stereocenters. The fourth-order valence-corrected chi connectivity index (χ4v) is 1.09. The zero-order valence-corrected chi connectivity index (χ0v) is 7.91. The first-order chi connectivity index (χ1) is 5.41. The summed E-state index contributed by atoms with van der Waals surface area (Å²) in [7, 11) is 0. The van der Waals surface area contributed by atoms with Crippen molar-refractivity contribution in [2.75, 3.05) is 0 Å². The molecule has 0 bridgehead atoms. The van der Waals surface area contributed by atoms with Crippen LogP contribution in [0.2, 0.25) is 5.15 Å². The van der Waals surface area contributed by atoms with E-state index < -0.39 is 12.4 Å². The Bertz CT molecular complexity index is 303. The Labute approximate surface area is 80.1 Å². The van der Waals surface area contributed by atoms with Crippen molar-refractivity contribution in [2.45, 2.75) is 0 Å². The third-order valence-corrected chi connectivity index (χ3v) is 2.33. The van der Waals surface area contributed by atoms with Gasteiger partial charge in [0.25, 0.3) is 0 Å². The summed E-state index contributed by atoms with van der Waals surface area (Å²) in [6.07, 6.45) is 0.715. The molecule has 0 N–H and O–H groups in total. The molecule has 1 nitrogen and oxygen atoms in total. The van der Waals surface area contributed by atoms with Crippen LogP contribution in [-0.4, -0.2) is 12.0 Å². The summed E-state index contributed by atoms with van der Waals surface area (Å²) in [5, 5.41) is 0.0267. The Morgan fingerprint density at radius 1 is 1.42 bits per heavy atom. The van der Waals surface area contributed by atoms with Gasteiger partial charge in [0.05, 0.1) is 4.47 Å². The van der Waals surface area contributed by atoms with E-state index in [1.54, 1.807) is 0 Å². The molecule has 0 radical (unpaired) electrons. The van der Waals surface area contributed by atoms with Gasteiger partial charge in [0.15, 0.2) is 0 Å². The lowest BCUT2D eigenvalue weighted by Gasteiger charge is -2.14. The van der Waals surface area contributed by atoms with E-state index >= 15 is 0 Å². The SMILES string of the molecule is F[B-](F)(F)c1cnc(Cl)c(Br)c1. The summed E-state index contributed by atoms with van der Waals surface area (Å²) in [6.45, 7) is -4.99. The van der Waals surface area contributed by atoms with E-state index in [9.17, 15) is 12.9 Å². The van der Waals surface area contributed by atoms with Gasteiger partial charge in [-0.1, -0.05) is 23.1 Å². The Morgan fingerprint density at radius 3 is 2.42 bits per heavy atom. The van der Waals surface area contributed by atoms with Crippen LogP contribution in [0.3, 0.4) is 0 Å². The molecule has 1 aromatic heterocycles. The molecule has 1 rings (SSSR count). The summed E-state index contributed by atoms with van der Waals surface area (Å²) >= 11 is 8.27. The van der Waals surface area contributed by atoms with Crippen molar-refractivity contribution in [3.63, 3.8) is 0 Å². The van der Waals surface area contributed by atoms with Gasteiger partial charge in [0.2, 0.25) is 0 Å². The second-order valence-corrected chi connectivity index (χ2v) is 3.33. The lowest BCUT2D eigenvalue weighted by molar-refractivity contribution is 0.500. The van der Waals surface area contributed by atoms with Gasteiger partial charge in [-0.2, -0.15) is 0 Å². The molecular weight excluding hydrogens is 257 g/mol. The van der Waals surface area contributed by atoms with Crippen LogP contribution >= 0.6 is 27.5 Å². The molecule has 0 aliphatic heterocycles. The van der Waals surface area contributed by atoms with Crippen molar-refractivity contribution in [1.82, 2.24) is 4.98 Å². The van der Waals surface area contributed by atoms with Crippen LogP contribution in [0.1, 0.15) is 0 Å². The van der Waals surface area contributed by atoms with E-state index in [-0.39, 0.29) is 9.63 Å². The van der Waals surface area contributed by atoms with Gasteiger partial charge >= 0.3 is 6.98 Å². The lowest BCUT2D eigenvalue weighted by Crippen LogP contribution is -2.34. The van der Waals surface area contributed by atoms with E-state index in [2.05, 4.69) is 20.9 Å². The molecule has 0 aliphatic rings. The van der Waals surface area contributed by atoms with E-state index in [0.29, 0.717) is 6.20 Å². The monoisotopic (exact) mass is 258 g/mol. The minimum absolute atomic E-state index is 0.0267. The van der Waals surface area contributed by atoms with Crippen molar-refractivity contribution in [3.8, 4) is 0 Å². The molecule has 0 aromatic carbocycles. The van der Waals surface area contributed by atoms with Gasteiger partial charge < -0.3 is 12.9 Å². The molecule has 66 valence electrons. The van der Waals surface area contributed by atoms with Gasteiger partial charge in [-0.05, 0) is 15.9 Å². The quantitative estimate of drug-likeness (QED) is 0.558. The normalized spacial score (nSPS) is 11.8. The third kappa shape index (κ3) is 2.14. The predicted octanol–water partition coefficient (Wildman–Crippen LogP) is 2.55. The molecule has 0 saturated carbocycles. The highest BCUT2D eigenvalue weighted by Crippen LogP contribution is 2.19. The molecular formula is C5H2BBrClF3N-. The van der Waals surface area contributed by atoms with E-state index in [1.165, 1.54) is 0 Å². The van der Waals surface area contributed by atoms with Crippen LogP contribution in [0.5, 0.6) is 0 Å². The molecule has 1 heterocycles. The molecule has 0 fully saturated rings. The summed E-state index contributed by atoms with van der Waals surface area (Å²) in [5.74, 6) is 0. The Kier molecular flexibility index (Phi) is 2.68. The zero-order valence-electron chi connectivity index (χ0n) is 5.57. The van der Waals surface area contributed by atoms with Crippen LogP contribution in [0.25, 0.3) is 0 Å². The summed E-state index contributed by atoms with van der Waals surface area (Å²) in [4.78, 5) is 3.36. The molecule has 0 spiro atoms. The van der Waals surface area contributed by atoms with Crippen LogP contribution in [-0.2, 0) is 0 Å². The van der Waals surface area contributed by atoms with Crippen LogP contribution in [0.4, 0.5) is 12.9 Å². The lowest BCUT2D eigenvalue weighted by atomic mass is 9.82. The highest BCUT2D eigenvalue weighted by molar-refractivity contribution is 9.10. The number of hydrogen-bond donors (Lipinski definition) is 0. The minimum Gasteiger partial charge on any atom is -0.445 e. The highest BCUT2D eigenvalue weighted by atomic mass is 79.9. The number of rotatable bonds is 1. The van der Waals surface area contributed by atoms with E-state index in [1.807, 2.05) is 0 Å². The zero-order chi connectivity index (χ0) is 9.35. The second kappa shape index (κ2) is 3.26. The Morgan fingerprint density at radius 2 is 2.00 bits per heavy atom. The molecule has 0 saturated heterocycles. The van der Waals surface area contributed by atoms with Crippen molar-refractivity contribution >= 4 is 40.0 Å². The number of halogens is 5. The fraction of sp³-hybridized carbons (Fsp3) is 0. The van der Waals surface area contributed by atoms with Gasteiger partial charge in [0, 0.05) is 6.20 Å². The molecule has 0 amide bonds. The highest BCUT2D eigenvalue weighted by Gasteiger charge is 2.26. The fourth-order valence-electron chi connectivity index (χ4n) is 0.615. The van der Waals surface area contributed by atoms with Crippen LogP contribution < -0.4 is 5.46 Å². The largest absolute Gasteiger partial charge is 0.511 e. The first-order valence-electron chi connectivity index (χ1n) is 2.92. The summed E-state index contributed by atoms with van der Waals surface area (Å²) < 4.78 is 36.3. The first kappa shape index (κ1) is 9.86. The number of pyridine rings is 1. The number of hydrogen-bond acceptors (Lipinski definition) is 1. The molecule has 7 heteroatoms. The number of nitrogens with zero attached hydrogens (tertiary/aromatic N) is 1. The van der Waals surface area contributed by atoms with E-state index in [0.717, 1.165) is 6.07 Å². The smallest absolute Gasteiger partial charge is 0.445 e. The van der Waals surface area contributed by atoms with Crippen molar-refractivity contribution in [1.29, 1.82) is 0 Å². The maximum absolute atomic E-state index is 12.1. The van der Waals surface area contributed by atoms with Gasteiger partial charge in [0.1, 0.15) is 5.15 Å². The Balaban J connectivity index is 3.14. The van der Waals surface area contributed by atoms with Crippen molar-refractivity contribution in [2.24, 2.45) is 0 Å². The minimum atomic E-state index is -4.99. The van der Waals surface area contributed by atoms with E-state index in [4.69, 9.17) is 11.6 Å². The third-order valence-electron chi connectivity index (χ3n) is 1.20. The van der Waals surface area contributed by atoms with Crippen LogP contribution in [0.15, 0.2) is 16.7 Å². The Hall–Kier alpha value is -0.225. The molecule has 1 aromatic rings. The first-order valence-corrected chi connectivity index (χ1v) is 4.09. The summed E-state index contributed by atoms with van der Waals surface area (Å²) in [6, 6.07) is 0.912. The molecule has 0 atom stereocenters. The number of aromatic nitrogens is 1. The van der Waals surface area contributed by atoms with Crippen LogP contribution in [0, 0.1) is 0 Å². The van der Waals surface area contributed by atoms with Gasteiger partial charge in [-0.3, -0.25) is 0 Å². The standard InChI is InChI=1S/C5H2BBrClF3N/c7-4-1-3(6(9,10)11)2-12-5(4)8/h1-2H/q-1. The average molecular weight is 259 g/mol. The predicted molar refractivity (Wildman–Crippen MR) is 45.7 cm³/mol.